The maximum atomic E-state index is 12.3. The van der Waals surface area contributed by atoms with Gasteiger partial charge in [0.05, 0.1) is 0 Å². The van der Waals surface area contributed by atoms with E-state index in [2.05, 4.69) is 10.6 Å². The van der Waals surface area contributed by atoms with Crippen molar-refractivity contribution in [3.05, 3.63) is 65.2 Å². The predicted octanol–water partition coefficient (Wildman–Crippen LogP) is 3.53. The van der Waals surface area contributed by atoms with Crippen molar-refractivity contribution >= 4 is 23.3 Å². The Morgan fingerprint density at radius 2 is 1.28 bits per heavy atom. The number of rotatable bonds is 6. The molecule has 0 saturated carbocycles. The maximum Gasteiger partial charge on any atom is 0.255 e. The monoisotopic (exact) mass is 338 g/mol. The van der Waals surface area contributed by atoms with Gasteiger partial charge in [-0.25, -0.2) is 0 Å². The summed E-state index contributed by atoms with van der Waals surface area (Å²) in [4.78, 5) is 35.5. The lowest BCUT2D eigenvalue weighted by atomic mass is 10.1. The van der Waals surface area contributed by atoms with Gasteiger partial charge in [0.1, 0.15) is 0 Å². The number of hydrogen-bond acceptors (Lipinski definition) is 3. The van der Waals surface area contributed by atoms with E-state index in [4.69, 9.17) is 0 Å². The fraction of sp³-hybridized carbons (Fsp3) is 0.250. The number of hydrogen-bond donors (Lipinski definition) is 2. The first-order valence-corrected chi connectivity index (χ1v) is 8.17. The van der Waals surface area contributed by atoms with Gasteiger partial charge in [0.15, 0.2) is 5.78 Å². The van der Waals surface area contributed by atoms with Crippen LogP contribution in [-0.4, -0.2) is 24.1 Å². The number of Topliss-reactive ketones (excluding diaryl/α,β-unsaturated/α-hetero) is 1. The van der Waals surface area contributed by atoms with Crippen molar-refractivity contribution in [3.63, 3.8) is 0 Å². The van der Waals surface area contributed by atoms with Crippen LogP contribution in [0.25, 0.3) is 0 Å². The van der Waals surface area contributed by atoms with Crippen LogP contribution in [-0.2, 0) is 0 Å². The summed E-state index contributed by atoms with van der Waals surface area (Å²) < 4.78 is 0. The average Bonchev–Trinajstić information content (AvgIpc) is 2.60. The van der Waals surface area contributed by atoms with Crippen molar-refractivity contribution in [3.8, 4) is 0 Å². The van der Waals surface area contributed by atoms with Gasteiger partial charge in [0.2, 0.25) is 0 Å². The maximum absolute atomic E-state index is 12.3. The van der Waals surface area contributed by atoms with Gasteiger partial charge in [-0.2, -0.15) is 0 Å². The van der Waals surface area contributed by atoms with Gasteiger partial charge in [-0.05, 0) is 61.4 Å². The van der Waals surface area contributed by atoms with Crippen LogP contribution >= 0.6 is 0 Å². The molecule has 0 radical (unpaired) electrons. The summed E-state index contributed by atoms with van der Waals surface area (Å²) in [5.41, 5.74) is 2.17. The molecule has 25 heavy (non-hydrogen) atoms. The molecule has 2 N–H and O–H groups in total. The van der Waals surface area contributed by atoms with E-state index in [1.54, 1.807) is 48.5 Å². The van der Waals surface area contributed by atoms with Crippen molar-refractivity contribution < 1.29 is 14.4 Å². The molecule has 0 fully saturated rings. The minimum Gasteiger partial charge on any atom is -0.352 e. The van der Waals surface area contributed by atoms with Crippen molar-refractivity contribution in [2.24, 2.45) is 5.92 Å². The van der Waals surface area contributed by atoms with Gasteiger partial charge < -0.3 is 10.6 Å². The molecule has 5 nitrogen and oxygen atoms in total. The number of benzene rings is 2. The van der Waals surface area contributed by atoms with Gasteiger partial charge in [-0.15, -0.1) is 0 Å². The molecule has 2 rings (SSSR count). The summed E-state index contributed by atoms with van der Waals surface area (Å²) >= 11 is 0. The fourth-order valence-corrected chi connectivity index (χ4v) is 2.16. The molecule has 0 spiro atoms. The van der Waals surface area contributed by atoms with E-state index in [-0.39, 0.29) is 17.6 Å². The summed E-state index contributed by atoms with van der Waals surface area (Å²) in [6, 6.07) is 13.2. The number of nitrogens with one attached hydrogen (secondary N) is 2. The highest BCUT2D eigenvalue weighted by Crippen LogP contribution is 2.12. The fourth-order valence-electron chi connectivity index (χ4n) is 2.16. The van der Waals surface area contributed by atoms with Crippen LogP contribution in [0.5, 0.6) is 0 Å². The van der Waals surface area contributed by atoms with Crippen LogP contribution in [0.1, 0.15) is 51.8 Å². The molecule has 0 aliphatic heterocycles. The van der Waals surface area contributed by atoms with E-state index < -0.39 is 0 Å². The standard InChI is InChI=1S/C20H22N2O3/c1-13(2)12-21-19(24)16-4-6-17(7-5-16)20(25)22-18-10-8-15(9-11-18)14(3)23/h4-11,13H,12H2,1-3H3,(H,21,24)(H,22,25). The largest absolute Gasteiger partial charge is 0.352 e. The van der Waals surface area contributed by atoms with E-state index in [1.807, 2.05) is 13.8 Å². The molecule has 0 saturated heterocycles. The van der Waals surface area contributed by atoms with Gasteiger partial charge >= 0.3 is 0 Å². The molecule has 130 valence electrons. The number of carbonyl (C=O) groups excluding carboxylic acids is 3. The molecule has 0 bridgehead atoms. The van der Waals surface area contributed by atoms with Crippen LogP contribution < -0.4 is 10.6 Å². The lowest BCUT2D eigenvalue weighted by Gasteiger charge is -2.09. The number of ketones is 1. The minimum absolute atomic E-state index is 0.0239. The predicted molar refractivity (Wildman–Crippen MR) is 98.0 cm³/mol. The van der Waals surface area contributed by atoms with E-state index in [0.29, 0.717) is 34.8 Å². The summed E-state index contributed by atoms with van der Waals surface area (Å²) in [6.45, 7) is 6.15. The van der Waals surface area contributed by atoms with Crippen LogP contribution in [0.2, 0.25) is 0 Å². The quantitative estimate of drug-likeness (QED) is 0.791. The molecule has 0 aliphatic rings. The van der Waals surface area contributed by atoms with Crippen LogP contribution in [0.15, 0.2) is 48.5 Å². The third-order valence-corrected chi connectivity index (χ3v) is 3.63. The Hall–Kier alpha value is -2.95. The Labute approximate surface area is 147 Å². The Balaban J connectivity index is 2.00. The van der Waals surface area contributed by atoms with Crippen LogP contribution in [0.4, 0.5) is 5.69 Å². The van der Waals surface area contributed by atoms with Crippen molar-refractivity contribution in [2.45, 2.75) is 20.8 Å². The second-order valence-electron chi connectivity index (χ2n) is 6.27. The Morgan fingerprint density at radius 3 is 1.76 bits per heavy atom. The lowest BCUT2D eigenvalue weighted by molar-refractivity contribution is 0.0946. The van der Waals surface area contributed by atoms with Crippen LogP contribution in [0, 0.1) is 5.92 Å². The average molecular weight is 338 g/mol. The SMILES string of the molecule is CC(=O)c1ccc(NC(=O)c2ccc(C(=O)NCC(C)C)cc2)cc1. The first kappa shape index (κ1) is 18.4. The van der Waals surface area contributed by atoms with Gasteiger partial charge in [0, 0.05) is 28.9 Å². The number of anilines is 1. The van der Waals surface area contributed by atoms with Crippen molar-refractivity contribution in [1.29, 1.82) is 0 Å². The van der Waals surface area contributed by atoms with E-state index >= 15 is 0 Å². The molecule has 0 unspecified atom stereocenters. The Morgan fingerprint density at radius 1 is 0.800 bits per heavy atom. The van der Waals surface area contributed by atoms with E-state index in [9.17, 15) is 14.4 Å². The molecule has 5 heteroatoms. The molecule has 0 heterocycles. The van der Waals surface area contributed by atoms with Gasteiger partial charge in [-0.3, -0.25) is 14.4 Å². The molecule has 0 aliphatic carbocycles. The van der Waals surface area contributed by atoms with E-state index in [0.717, 1.165) is 0 Å². The smallest absolute Gasteiger partial charge is 0.255 e. The Kier molecular flexibility index (Phi) is 6.06. The highest BCUT2D eigenvalue weighted by molar-refractivity contribution is 6.05. The summed E-state index contributed by atoms with van der Waals surface area (Å²) in [6.07, 6.45) is 0. The zero-order valence-electron chi connectivity index (χ0n) is 14.6. The topological polar surface area (TPSA) is 75.3 Å². The summed E-state index contributed by atoms with van der Waals surface area (Å²) in [5, 5.41) is 5.60. The Bertz CT molecular complexity index is 763. The highest BCUT2D eigenvalue weighted by Gasteiger charge is 2.10. The van der Waals surface area contributed by atoms with Crippen molar-refractivity contribution in [2.75, 3.05) is 11.9 Å². The molecule has 2 aromatic carbocycles. The lowest BCUT2D eigenvalue weighted by Crippen LogP contribution is -2.27. The molecule has 0 atom stereocenters. The first-order chi connectivity index (χ1) is 11.9. The second kappa shape index (κ2) is 8.24. The molecule has 0 aromatic heterocycles. The summed E-state index contributed by atoms with van der Waals surface area (Å²) in [5.74, 6) is -0.0715. The number of carbonyl (C=O) groups is 3. The molecule has 2 amide bonds. The second-order valence-corrected chi connectivity index (χ2v) is 6.27. The van der Waals surface area contributed by atoms with Crippen molar-refractivity contribution in [1.82, 2.24) is 5.32 Å². The zero-order chi connectivity index (χ0) is 18.4. The van der Waals surface area contributed by atoms with Crippen LogP contribution in [0.3, 0.4) is 0 Å². The molecular formula is C20H22N2O3. The summed E-state index contributed by atoms with van der Waals surface area (Å²) in [7, 11) is 0. The molecular weight excluding hydrogens is 316 g/mol. The normalized spacial score (nSPS) is 10.4. The third kappa shape index (κ3) is 5.28. The van der Waals surface area contributed by atoms with Gasteiger partial charge in [-0.1, -0.05) is 13.8 Å². The third-order valence-electron chi connectivity index (χ3n) is 3.63. The minimum atomic E-state index is -0.273. The first-order valence-electron chi connectivity index (χ1n) is 8.17. The zero-order valence-corrected chi connectivity index (χ0v) is 14.6. The number of amides is 2. The highest BCUT2D eigenvalue weighted by atomic mass is 16.2. The molecule has 2 aromatic rings. The van der Waals surface area contributed by atoms with Gasteiger partial charge in [0.25, 0.3) is 11.8 Å². The van der Waals surface area contributed by atoms with E-state index in [1.165, 1.54) is 6.92 Å².